The molecule has 1 aliphatic rings. The highest BCUT2D eigenvalue weighted by Crippen LogP contribution is 2.23. The van der Waals surface area contributed by atoms with Crippen LogP contribution >= 0.6 is 0 Å². The van der Waals surface area contributed by atoms with Gasteiger partial charge in [0.25, 0.3) is 0 Å². The summed E-state index contributed by atoms with van der Waals surface area (Å²) >= 11 is 0. The van der Waals surface area contributed by atoms with E-state index >= 15 is 0 Å². The smallest absolute Gasteiger partial charge is 0.0838 e. The van der Waals surface area contributed by atoms with Crippen molar-refractivity contribution in [1.29, 1.82) is 0 Å². The third-order valence-corrected chi connectivity index (χ3v) is 2.98. The van der Waals surface area contributed by atoms with Crippen molar-refractivity contribution in [2.24, 2.45) is 0 Å². The molecule has 2 nitrogen and oxygen atoms in total. The lowest BCUT2D eigenvalue weighted by molar-refractivity contribution is 0.0730. The Hall–Kier alpha value is -0.340. The molecule has 0 radical (unpaired) electrons. The van der Waals surface area contributed by atoms with E-state index in [4.69, 9.17) is 0 Å². The molecule has 76 valence electrons. The molecule has 0 bridgehead atoms. The van der Waals surface area contributed by atoms with Gasteiger partial charge in [0.05, 0.1) is 5.60 Å². The predicted molar refractivity (Wildman–Crippen MR) is 55.7 cm³/mol. The average molecular weight is 183 g/mol. The molecule has 0 aromatic heterocycles. The zero-order valence-electron chi connectivity index (χ0n) is 8.77. The van der Waals surface area contributed by atoms with Gasteiger partial charge in [-0.3, -0.25) is 0 Å². The van der Waals surface area contributed by atoms with E-state index in [1.54, 1.807) is 0 Å². The Bertz CT molecular complexity index is 181. The zero-order valence-corrected chi connectivity index (χ0v) is 8.77. The zero-order chi connectivity index (χ0) is 9.90. The summed E-state index contributed by atoms with van der Waals surface area (Å²) < 4.78 is 0. The largest absolute Gasteiger partial charge is 0.386 e. The average Bonchev–Trinajstić information content (AvgIpc) is 2.05. The molecule has 2 N–H and O–H groups in total. The monoisotopic (exact) mass is 183 g/mol. The standard InChI is InChI=1S/C11H21NO/c1-9(2)11(3,13)8-10-6-4-5-7-12-10/h10,12-13H,1,4-8H2,2-3H3. The molecule has 0 aromatic rings. The summed E-state index contributed by atoms with van der Waals surface area (Å²) in [5.74, 6) is 0. The Balaban J connectivity index is 2.41. The normalized spacial score (nSPS) is 28.1. The van der Waals surface area contributed by atoms with E-state index in [0.717, 1.165) is 18.5 Å². The minimum Gasteiger partial charge on any atom is -0.386 e. The molecule has 2 unspecified atom stereocenters. The first-order valence-corrected chi connectivity index (χ1v) is 5.14. The molecule has 2 heteroatoms. The van der Waals surface area contributed by atoms with Gasteiger partial charge in [-0.15, -0.1) is 0 Å². The molecule has 0 spiro atoms. The van der Waals surface area contributed by atoms with Crippen molar-refractivity contribution >= 4 is 0 Å². The summed E-state index contributed by atoms with van der Waals surface area (Å²) in [5, 5.41) is 13.4. The van der Waals surface area contributed by atoms with Crippen LogP contribution in [0.5, 0.6) is 0 Å². The van der Waals surface area contributed by atoms with E-state index in [0.29, 0.717) is 6.04 Å². The molecule has 0 amide bonds. The van der Waals surface area contributed by atoms with Gasteiger partial charge in [-0.05, 0) is 45.2 Å². The van der Waals surface area contributed by atoms with Crippen molar-refractivity contribution in [2.75, 3.05) is 6.54 Å². The molecule has 2 atom stereocenters. The number of piperidine rings is 1. The molecule has 0 aliphatic carbocycles. The fourth-order valence-electron chi connectivity index (χ4n) is 1.75. The van der Waals surface area contributed by atoms with E-state index in [1.165, 1.54) is 19.3 Å². The lowest BCUT2D eigenvalue weighted by atomic mass is 9.87. The van der Waals surface area contributed by atoms with Crippen molar-refractivity contribution in [2.45, 2.75) is 51.2 Å². The van der Waals surface area contributed by atoms with E-state index in [9.17, 15) is 5.11 Å². The SMILES string of the molecule is C=C(C)C(C)(O)CC1CCCCN1. The van der Waals surface area contributed by atoms with Crippen molar-refractivity contribution in [3.8, 4) is 0 Å². The highest BCUT2D eigenvalue weighted by Gasteiger charge is 2.26. The number of nitrogens with one attached hydrogen (secondary N) is 1. The third kappa shape index (κ3) is 3.12. The Kier molecular flexibility index (Phi) is 3.51. The maximum Gasteiger partial charge on any atom is 0.0838 e. The molecule has 0 saturated carbocycles. The first kappa shape index (κ1) is 10.7. The lowest BCUT2D eigenvalue weighted by Crippen LogP contribution is -2.41. The van der Waals surface area contributed by atoms with Crippen LogP contribution in [0.3, 0.4) is 0 Å². The van der Waals surface area contributed by atoms with Gasteiger partial charge in [0.1, 0.15) is 0 Å². The van der Waals surface area contributed by atoms with E-state index in [-0.39, 0.29) is 0 Å². The van der Waals surface area contributed by atoms with Crippen molar-refractivity contribution in [1.82, 2.24) is 5.32 Å². The second kappa shape index (κ2) is 4.25. The fraction of sp³-hybridized carbons (Fsp3) is 0.818. The van der Waals surface area contributed by atoms with Crippen LogP contribution in [-0.2, 0) is 0 Å². The molecule has 1 rings (SSSR count). The van der Waals surface area contributed by atoms with Gasteiger partial charge in [-0.1, -0.05) is 13.0 Å². The molecular weight excluding hydrogens is 162 g/mol. The minimum atomic E-state index is -0.699. The van der Waals surface area contributed by atoms with Gasteiger partial charge in [-0.25, -0.2) is 0 Å². The number of hydrogen-bond donors (Lipinski definition) is 2. The van der Waals surface area contributed by atoms with Gasteiger partial charge in [0.15, 0.2) is 0 Å². The maximum absolute atomic E-state index is 10.0. The van der Waals surface area contributed by atoms with Crippen LogP contribution in [0.2, 0.25) is 0 Å². The fourth-order valence-corrected chi connectivity index (χ4v) is 1.75. The van der Waals surface area contributed by atoms with Crippen molar-refractivity contribution in [3.63, 3.8) is 0 Å². The van der Waals surface area contributed by atoms with Gasteiger partial charge >= 0.3 is 0 Å². The lowest BCUT2D eigenvalue weighted by Gasteiger charge is -2.31. The summed E-state index contributed by atoms with van der Waals surface area (Å²) in [6, 6.07) is 0.473. The minimum absolute atomic E-state index is 0.473. The summed E-state index contributed by atoms with van der Waals surface area (Å²) in [4.78, 5) is 0. The van der Waals surface area contributed by atoms with Gasteiger partial charge < -0.3 is 10.4 Å². The van der Waals surface area contributed by atoms with Crippen LogP contribution < -0.4 is 5.32 Å². The Morgan fingerprint density at radius 3 is 2.77 bits per heavy atom. The first-order valence-electron chi connectivity index (χ1n) is 5.14. The molecule has 1 heterocycles. The van der Waals surface area contributed by atoms with Gasteiger partial charge in [0, 0.05) is 6.04 Å². The number of hydrogen-bond acceptors (Lipinski definition) is 2. The quantitative estimate of drug-likeness (QED) is 0.654. The highest BCUT2D eigenvalue weighted by atomic mass is 16.3. The van der Waals surface area contributed by atoms with Gasteiger partial charge in [0.2, 0.25) is 0 Å². The summed E-state index contributed by atoms with van der Waals surface area (Å²) in [6.07, 6.45) is 4.53. The summed E-state index contributed by atoms with van der Waals surface area (Å²) in [7, 11) is 0. The Morgan fingerprint density at radius 2 is 2.31 bits per heavy atom. The highest BCUT2D eigenvalue weighted by molar-refractivity contribution is 5.08. The number of aliphatic hydroxyl groups is 1. The maximum atomic E-state index is 10.0. The summed E-state index contributed by atoms with van der Waals surface area (Å²) in [5.41, 5.74) is 0.162. The van der Waals surface area contributed by atoms with Crippen LogP contribution in [0.1, 0.15) is 39.5 Å². The molecule has 1 saturated heterocycles. The molecule has 0 aromatic carbocycles. The first-order chi connectivity index (χ1) is 6.02. The predicted octanol–water partition coefficient (Wildman–Crippen LogP) is 1.85. The second-order valence-corrected chi connectivity index (χ2v) is 4.41. The second-order valence-electron chi connectivity index (χ2n) is 4.41. The van der Waals surface area contributed by atoms with E-state index in [2.05, 4.69) is 11.9 Å². The van der Waals surface area contributed by atoms with Crippen molar-refractivity contribution in [3.05, 3.63) is 12.2 Å². The van der Waals surface area contributed by atoms with Crippen LogP contribution in [0.25, 0.3) is 0 Å². The van der Waals surface area contributed by atoms with Crippen LogP contribution in [0.15, 0.2) is 12.2 Å². The van der Waals surface area contributed by atoms with Crippen LogP contribution in [0, 0.1) is 0 Å². The molecule has 1 fully saturated rings. The topological polar surface area (TPSA) is 32.3 Å². The molecule has 13 heavy (non-hydrogen) atoms. The number of rotatable bonds is 3. The summed E-state index contributed by atoms with van der Waals surface area (Å²) in [6.45, 7) is 8.65. The van der Waals surface area contributed by atoms with Crippen LogP contribution in [0.4, 0.5) is 0 Å². The van der Waals surface area contributed by atoms with Crippen molar-refractivity contribution < 1.29 is 5.11 Å². The third-order valence-electron chi connectivity index (χ3n) is 2.98. The van der Waals surface area contributed by atoms with Gasteiger partial charge in [-0.2, -0.15) is 0 Å². The van der Waals surface area contributed by atoms with Crippen LogP contribution in [-0.4, -0.2) is 23.3 Å². The van der Waals surface area contributed by atoms with E-state index in [1.807, 2.05) is 13.8 Å². The van der Waals surface area contributed by atoms with E-state index < -0.39 is 5.60 Å². The Labute approximate surface area is 81.0 Å². The Morgan fingerprint density at radius 1 is 1.62 bits per heavy atom. The molecule has 1 aliphatic heterocycles. The molecular formula is C11H21NO.